The highest BCUT2D eigenvalue weighted by Gasteiger charge is 2.21. The van der Waals surface area contributed by atoms with Gasteiger partial charge in [-0.2, -0.15) is 0 Å². The molecule has 4 rings (SSSR count). The molecule has 0 atom stereocenters. The molecule has 2 aromatic rings. The van der Waals surface area contributed by atoms with Crippen LogP contribution in [0.15, 0.2) is 29.3 Å². The predicted molar refractivity (Wildman–Crippen MR) is 137 cm³/mol. The lowest BCUT2D eigenvalue weighted by Gasteiger charge is -2.25. The number of guanidine groups is 1. The van der Waals surface area contributed by atoms with Crippen molar-refractivity contribution >= 4 is 41.5 Å². The van der Waals surface area contributed by atoms with E-state index in [0.717, 1.165) is 41.8 Å². The summed E-state index contributed by atoms with van der Waals surface area (Å²) in [5.74, 6) is 2.81. The van der Waals surface area contributed by atoms with Gasteiger partial charge in [-0.1, -0.05) is 31.4 Å². The second-order valence-corrected chi connectivity index (χ2v) is 8.54. The van der Waals surface area contributed by atoms with Gasteiger partial charge in [0.2, 0.25) is 5.91 Å². The van der Waals surface area contributed by atoms with Crippen molar-refractivity contribution in [1.29, 1.82) is 0 Å². The lowest BCUT2D eigenvalue weighted by atomic mass is 9.96. The molecule has 32 heavy (non-hydrogen) atoms. The zero-order valence-electron chi connectivity index (χ0n) is 19.0. The van der Waals surface area contributed by atoms with Crippen LogP contribution in [0.4, 0.5) is 5.69 Å². The first-order chi connectivity index (χ1) is 15.1. The number of amides is 1. The number of nitrogens with one attached hydrogen (secondary N) is 2. The highest BCUT2D eigenvalue weighted by molar-refractivity contribution is 14.0. The van der Waals surface area contributed by atoms with Gasteiger partial charge in [0.1, 0.15) is 5.82 Å². The second-order valence-electron chi connectivity index (χ2n) is 8.54. The lowest BCUT2D eigenvalue weighted by Crippen LogP contribution is -2.44. The van der Waals surface area contributed by atoms with Crippen LogP contribution in [0.5, 0.6) is 0 Å². The van der Waals surface area contributed by atoms with Crippen LogP contribution in [-0.4, -0.2) is 39.2 Å². The minimum absolute atomic E-state index is 0. The van der Waals surface area contributed by atoms with E-state index in [2.05, 4.69) is 33.0 Å². The molecule has 8 nitrogen and oxygen atoms in total. The Balaban J connectivity index is 0.00000289. The van der Waals surface area contributed by atoms with Crippen molar-refractivity contribution in [3.05, 3.63) is 41.5 Å². The molecule has 1 aromatic carbocycles. The highest BCUT2D eigenvalue weighted by Crippen LogP contribution is 2.22. The van der Waals surface area contributed by atoms with E-state index in [1.54, 1.807) is 0 Å². The molecular formula is C23H34IN7O. The summed E-state index contributed by atoms with van der Waals surface area (Å²) in [4.78, 5) is 18.7. The van der Waals surface area contributed by atoms with Gasteiger partial charge >= 0.3 is 0 Å². The van der Waals surface area contributed by atoms with Gasteiger partial charge in [-0.05, 0) is 43.9 Å². The van der Waals surface area contributed by atoms with E-state index in [1.807, 2.05) is 35.6 Å². The van der Waals surface area contributed by atoms with Crippen LogP contribution in [0.3, 0.4) is 0 Å². The Morgan fingerprint density at radius 2 is 1.88 bits per heavy atom. The number of hydrogen-bond acceptors (Lipinski definition) is 4. The van der Waals surface area contributed by atoms with E-state index >= 15 is 0 Å². The van der Waals surface area contributed by atoms with Crippen LogP contribution in [-0.2, 0) is 24.9 Å². The maximum atomic E-state index is 12.0. The molecule has 0 unspecified atom stereocenters. The molecule has 174 valence electrons. The molecule has 0 bridgehead atoms. The van der Waals surface area contributed by atoms with Crippen molar-refractivity contribution < 1.29 is 4.79 Å². The summed E-state index contributed by atoms with van der Waals surface area (Å²) >= 11 is 0. The van der Waals surface area contributed by atoms with Crippen molar-refractivity contribution in [2.24, 2.45) is 12.0 Å². The summed E-state index contributed by atoms with van der Waals surface area (Å²) in [7, 11) is 1.98. The molecule has 2 aliphatic rings. The van der Waals surface area contributed by atoms with Crippen molar-refractivity contribution in [3.63, 3.8) is 0 Å². The number of aromatic nitrogens is 3. The zero-order chi connectivity index (χ0) is 21.6. The number of nitrogens with zero attached hydrogens (tertiary/aromatic N) is 5. The van der Waals surface area contributed by atoms with Gasteiger partial charge in [-0.3, -0.25) is 4.79 Å². The maximum Gasteiger partial charge on any atom is 0.227 e. The molecule has 1 amide bonds. The minimum Gasteiger partial charge on any atom is -0.354 e. The number of carbonyl (C=O) groups is 1. The summed E-state index contributed by atoms with van der Waals surface area (Å²) in [6.45, 7) is 3.92. The Bertz CT molecular complexity index is 919. The number of rotatable bonds is 6. The summed E-state index contributed by atoms with van der Waals surface area (Å²) in [5.41, 5.74) is 2.10. The molecule has 1 saturated carbocycles. The van der Waals surface area contributed by atoms with Gasteiger partial charge in [0.25, 0.3) is 0 Å². The molecule has 2 N–H and O–H groups in total. The van der Waals surface area contributed by atoms with Gasteiger partial charge in [-0.25, -0.2) is 4.99 Å². The molecule has 1 aliphatic heterocycles. The van der Waals surface area contributed by atoms with Gasteiger partial charge in [-0.15, -0.1) is 34.2 Å². The summed E-state index contributed by atoms with van der Waals surface area (Å²) in [6, 6.07) is 8.64. The first-order valence-electron chi connectivity index (χ1n) is 11.4. The van der Waals surface area contributed by atoms with E-state index in [4.69, 9.17) is 4.99 Å². The van der Waals surface area contributed by atoms with Crippen molar-refractivity contribution in [2.45, 2.75) is 71.0 Å². The van der Waals surface area contributed by atoms with E-state index in [-0.39, 0.29) is 29.9 Å². The average molecular weight is 551 g/mol. The SMILES string of the molecule is Cc1nnc(CNC(=NCc2ccc(N3CCCC3=O)cc2)NC2CCCCC2)n1C.I. The zero-order valence-corrected chi connectivity index (χ0v) is 21.3. The third-order valence-electron chi connectivity index (χ3n) is 6.28. The fourth-order valence-electron chi connectivity index (χ4n) is 4.23. The number of anilines is 1. The fourth-order valence-corrected chi connectivity index (χ4v) is 4.23. The van der Waals surface area contributed by atoms with Crippen molar-refractivity contribution in [2.75, 3.05) is 11.4 Å². The van der Waals surface area contributed by atoms with Crippen LogP contribution in [0.1, 0.15) is 62.2 Å². The monoisotopic (exact) mass is 551 g/mol. The third kappa shape index (κ3) is 6.20. The van der Waals surface area contributed by atoms with Gasteiger partial charge in [0, 0.05) is 31.7 Å². The van der Waals surface area contributed by atoms with Crippen LogP contribution < -0.4 is 15.5 Å². The first kappa shape index (κ1) is 24.5. The van der Waals surface area contributed by atoms with E-state index in [9.17, 15) is 4.79 Å². The number of hydrogen-bond donors (Lipinski definition) is 2. The Kier molecular flexibility index (Phi) is 8.89. The summed E-state index contributed by atoms with van der Waals surface area (Å²) < 4.78 is 1.99. The summed E-state index contributed by atoms with van der Waals surface area (Å²) in [5, 5.41) is 15.4. The summed E-state index contributed by atoms with van der Waals surface area (Å²) in [6.07, 6.45) is 7.82. The van der Waals surface area contributed by atoms with Gasteiger partial charge < -0.3 is 20.1 Å². The minimum atomic E-state index is 0. The molecule has 1 aliphatic carbocycles. The Morgan fingerprint density at radius 3 is 2.50 bits per heavy atom. The average Bonchev–Trinajstić information content (AvgIpc) is 3.36. The maximum absolute atomic E-state index is 12.0. The number of aryl methyl sites for hydroxylation is 1. The van der Waals surface area contributed by atoms with Gasteiger partial charge in [0.15, 0.2) is 11.8 Å². The quantitative estimate of drug-likeness (QED) is 0.327. The van der Waals surface area contributed by atoms with Crippen molar-refractivity contribution in [1.82, 2.24) is 25.4 Å². The second kappa shape index (κ2) is 11.6. The molecule has 1 saturated heterocycles. The van der Waals surface area contributed by atoms with Crippen molar-refractivity contribution in [3.8, 4) is 0 Å². The molecule has 0 radical (unpaired) electrons. The van der Waals surface area contributed by atoms with E-state index in [1.165, 1.54) is 32.1 Å². The normalized spacial score (nSPS) is 17.4. The largest absolute Gasteiger partial charge is 0.354 e. The molecule has 2 heterocycles. The van der Waals surface area contributed by atoms with Gasteiger partial charge in [0.05, 0.1) is 13.1 Å². The molecule has 9 heteroatoms. The number of halogens is 1. The standard InChI is InChI=1S/C23H33N7O.HI/c1-17-27-28-21(29(17)2)16-25-23(26-19-7-4-3-5-8-19)24-15-18-10-12-20(13-11-18)30-14-6-9-22(30)31;/h10-13,19H,3-9,14-16H2,1-2H3,(H2,24,25,26);1H. The smallest absolute Gasteiger partial charge is 0.227 e. The predicted octanol–water partition coefficient (Wildman–Crippen LogP) is 3.44. The van der Waals surface area contributed by atoms with Crippen LogP contribution in [0, 0.1) is 6.92 Å². The number of aliphatic imine (C=N–C) groups is 1. The third-order valence-corrected chi connectivity index (χ3v) is 6.28. The Morgan fingerprint density at radius 1 is 1.12 bits per heavy atom. The number of carbonyl (C=O) groups excluding carboxylic acids is 1. The molecule has 2 fully saturated rings. The van der Waals surface area contributed by atoms with Crippen LogP contribution >= 0.6 is 24.0 Å². The van der Waals surface area contributed by atoms with E-state index < -0.39 is 0 Å². The van der Waals surface area contributed by atoms with Crippen LogP contribution in [0.2, 0.25) is 0 Å². The molecular weight excluding hydrogens is 517 g/mol. The fraction of sp³-hybridized carbons (Fsp3) is 0.565. The van der Waals surface area contributed by atoms with E-state index in [0.29, 0.717) is 25.6 Å². The Labute approximate surface area is 207 Å². The molecule has 1 aromatic heterocycles. The first-order valence-corrected chi connectivity index (χ1v) is 11.4. The highest BCUT2D eigenvalue weighted by atomic mass is 127. The lowest BCUT2D eigenvalue weighted by molar-refractivity contribution is -0.117. The topological polar surface area (TPSA) is 87.4 Å². The van der Waals surface area contributed by atoms with Crippen LogP contribution in [0.25, 0.3) is 0 Å². The number of benzene rings is 1. The molecule has 0 spiro atoms. The Hall–Kier alpha value is -2.17.